The maximum absolute atomic E-state index is 12.4. The van der Waals surface area contributed by atoms with Gasteiger partial charge in [0.05, 0.1) is 0 Å². The van der Waals surface area contributed by atoms with Crippen LogP contribution in [0.3, 0.4) is 0 Å². The van der Waals surface area contributed by atoms with Gasteiger partial charge in [-0.15, -0.1) is 0 Å². The van der Waals surface area contributed by atoms with Gasteiger partial charge in [-0.2, -0.15) is 0 Å². The molecule has 1 aliphatic carbocycles. The van der Waals surface area contributed by atoms with E-state index in [1.165, 1.54) is 0 Å². The van der Waals surface area contributed by atoms with Crippen LogP contribution in [0.1, 0.15) is 23.3 Å². The van der Waals surface area contributed by atoms with E-state index in [-0.39, 0.29) is 5.91 Å². The molecule has 0 atom stereocenters. The van der Waals surface area contributed by atoms with Gasteiger partial charge in [0.1, 0.15) is 11.5 Å². The number of hydrogen-bond acceptors (Lipinski definition) is 5. The molecule has 0 radical (unpaired) electrons. The Morgan fingerprint density at radius 2 is 1.96 bits per heavy atom. The van der Waals surface area contributed by atoms with E-state index in [1.807, 2.05) is 49.3 Å². The summed E-state index contributed by atoms with van der Waals surface area (Å²) in [5.74, 6) is 1.11. The van der Waals surface area contributed by atoms with Crippen LogP contribution >= 0.6 is 0 Å². The fraction of sp³-hybridized carbons (Fsp3) is 0.389. The van der Waals surface area contributed by atoms with Gasteiger partial charge in [0.2, 0.25) is 0 Å². The molecule has 1 saturated carbocycles. The third-order valence-electron chi connectivity index (χ3n) is 3.76. The average Bonchev–Trinajstić information content (AvgIpc) is 3.39. The number of amides is 1. The lowest BCUT2D eigenvalue weighted by Gasteiger charge is -2.12. The van der Waals surface area contributed by atoms with E-state index in [0.717, 1.165) is 24.9 Å². The summed E-state index contributed by atoms with van der Waals surface area (Å²) in [4.78, 5) is 23.5. The first-order valence-corrected chi connectivity index (χ1v) is 8.26. The molecule has 0 bridgehead atoms. The predicted octanol–water partition coefficient (Wildman–Crippen LogP) is 2.01. The second-order valence-corrected chi connectivity index (χ2v) is 6.31. The number of aromatic nitrogens is 2. The van der Waals surface area contributed by atoms with E-state index in [0.29, 0.717) is 29.9 Å². The summed E-state index contributed by atoms with van der Waals surface area (Å²) < 4.78 is 0. The zero-order valence-electron chi connectivity index (χ0n) is 14.1. The highest BCUT2D eigenvalue weighted by Crippen LogP contribution is 2.25. The van der Waals surface area contributed by atoms with Gasteiger partial charge in [0.25, 0.3) is 5.91 Å². The SMILES string of the molecule is CN(C)CCNC(=O)c1cc(NC2CC2)nc(-c2ccccc2)n1. The van der Waals surface area contributed by atoms with Crippen molar-refractivity contribution in [3.63, 3.8) is 0 Å². The van der Waals surface area contributed by atoms with Crippen LogP contribution in [0.5, 0.6) is 0 Å². The summed E-state index contributed by atoms with van der Waals surface area (Å²) >= 11 is 0. The van der Waals surface area contributed by atoms with Crippen molar-refractivity contribution in [3.8, 4) is 11.4 Å². The number of nitrogens with one attached hydrogen (secondary N) is 2. The molecule has 126 valence electrons. The average molecular weight is 325 g/mol. The number of carbonyl (C=O) groups is 1. The molecule has 0 unspecified atom stereocenters. The van der Waals surface area contributed by atoms with Crippen LogP contribution in [-0.2, 0) is 0 Å². The van der Waals surface area contributed by atoms with Crippen molar-refractivity contribution in [2.24, 2.45) is 0 Å². The molecule has 0 saturated heterocycles. The minimum absolute atomic E-state index is 0.171. The summed E-state index contributed by atoms with van der Waals surface area (Å²) in [7, 11) is 3.95. The molecule has 1 heterocycles. The maximum Gasteiger partial charge on any atom is 0.270 e. The molecule has 2 N–H and O–H groups in total. The zero-order chi connectivity index (χ0) is 16.9. The maximum atomic E-state index is 12.4. The predicted molar refractivity (Wildman–Crippen MR) is 95.0 cm³/mol. The van der Waals surface area contributed by atoms with Gasteiger partial charge in [-0.3, -0.25) is 4.79 Å². The third-order valence-corrected chi connectivity index (χ3v) is 3.76. The van der Waals surface area contributed by atoms with Crippen LogP contribution in [-0.4, -0.2) is 54.0 Å². The van der Waals surface area contributed by atoms with E-state index in [9.17, 15) is 4.79 Å². The third kappa shape index (κ3) is 4.52. The monoisotopic (exact) mass is 325 g/mol. The highest BCUT2D eigenvalue weighted by molar-refractivity contribution is 5.93. The molecule has 1 amide bonds. The lowest BCUT2D eigenvalue weighted by atomic mass is 10.2. The zero-order valence-corrected chi connectivity index (χ0v) is 14.1. The lowest BCUT2D eigenvalue weighted by molar-refractivity contribution is 0.0946. The Hall–Kier alpha value is -2.47. The van der Waals surface area contributed by atoms with Gasteiger partial charge in [-0.05, 0) is 26.9 Å². The normalized spacial score (nSPS) is 13.8. The van der Waals surface area contributed by atoms with Gasteiger partial charge in [0.15, 0.2) is 5.82 Å². The molecule has 1 fully saturated rings. The van der Waals surface area contributed by atoms with Crippen molar-refractivity contribution in [2.45, 2.75) is 18.9 Å². The lowest BCUT2D eigenvalue weighted by Crippen LogP contribution is -2.32. The van der Waals surface area contributed by atoms with Crippen molar-refractivity contribution in [1.82, 2.24) is 20.2 Å². The minimum atomic E-state index is -0.171. The van der Waals surface area contributed by atoms with E-state index in [4.69, 9.17) is 0 Å². The van der Waals surface area contributed by atoms with Crippen molar-refractivity contribution in [1.29, 1.82) is 0 Å². The Morgan fingerprint density at radius 1 is 1.21 bits per heavy atom. The second-order valence-electron chi connectivity index (χ2n) is 6.31. The minimum Gasteiger partial charge on any atom is -0.367 e. The largest absolute Gasteiger partial charge is 0.367 e. The molecule has 6 heteroatoms. The highest BCUT2D eigenvalue weighted by Gasteiger charge is 2.22. The van der Waals surface area contributed by atoms with Gasteiger partial charge in [-0.25, -0.2) is 9.97 Å². The molecule has 0 aliphatic heterocycles. The molecular formula is C18H23N5O. The Morgan fingerprint density at radius 3 is 2.62 bits per heavy atom. The van der Waals surface area contributed by atoms with Crippen LogP contribution < -0.4 is 10.6 Å². The van der Waals surface area contributed by atoms with Crippen molar-refractivity contribution in [2.75, 3.05) is 32.5 Å². The fourth-order valence-corrected chi connectivity index (χ4v) is 2.27. The summed E-state index contributed by atoms with van der Waals surface area (Å²) in [5.41, 5.74) is 1.30. The number of anilines is 1. The first-order chi connectivity index (χ1) is 11.6. The summed E-state index contributed by atoms with van der Waals surface area (Å²) in [5, 5.41) is 6.26. The molecule has 1 aromatic heterocycles. The summed E-state index contributed by atoms with van der Waals surface area (Å²) in [6.45, 7) is 1.37. The number of benzene rings is 1. The Bertz CT molecular complexity index is 698. The first kappa shape index (κ1) is 16.4. The Balaban J connectivity index is 1.82. The standard InChI is InChI=1S/C18H23N5O/c1-23(2)11-10-19-18(24)15-12-16(20-14-8-9-14)22-17(21-15)13-6-4-3-5-7-13/h3-7,12,14H,8-11H2,1-2H3,(H,19,24)(H,20,21,22). The van der Waals surface area contributed by atoms with Crippen molar-refractivity contribution < 1.29 is 4.79 Å². The molecule has 6 nitrogen and oxygen atoms in total. The summed E-state index contributed by atoms with van der Waals surface area (Å²) in [6, 6.07) is 11.9. The van der Waals surface area contributed by atoms with E-state index >= 15 is 0 Å². The molecule has 3 rings (SSSR count). The molecule has 1 aromatic carbocycles. The van der Waals surface area contributed by atoms with Gasteiger partial charge in [-0.1, -0.05) is 30.3 Å². The van der Waals surface area contributed by atoms with Crippen molar-refractivity contribution >= 4 is 11.7 Å². The smallest absolute Gasteiger partial charge is 0.270 e. The summed E-state index contributed by atoms with van der Waals surface area (Å²) in [6.07, 6.45) is 2.30. The fourth-order valence-electron chi connectivity index (χ4n) is 2.27. The number of likely N-dealkylation sites (N-methyl/N-ethyl adjacent to an activating group) is 1. The number of hydrogen-bond donors (Lipinski definition) is 2. The molecule has 0 spiro atoms. The topological polar surface area (TPSA) is 70.2 Å². The highest BCUT2D eigenvalue weighted by atomic mass is 16.1. The number of carbonyl (C=O) groups excluding carboxylic acids is 1. The molecule has 1 aliphatic rings. The molecular weight excluding hydrogens is 302 g/mol. The van der Waals surface area contributed by atoms with Gasteiger partial charge in [0, 0.05) is 30.8 Å². The van der Waals surface area contributed by atoms with Crippen LogP contribution in [0.4, 0.5) is 5.82 Å². The van der Waals surface area contributed by atoms with Crippen LogP contribution in [0, 0.1) is 0 Å². The van der Waals surface area contributed by atoms with E-state index in [2.05, 4.69) is 20.6 Å². The van der Waals surface area contributed by atoms with E-state index < -0.39 is 0 Å². The van der Waals surface area contributed by atoms with Crippen LogP contribution in [0.2, 0.25) is 0 Å². The molecule has 2 aromatic rings. The number of rotatable bonds is 7. The quantitative estimate of drug-likeness (QED) is 0.815. The van der Waals surface area contributed by atoms with E-state index in [1.54, 1.807) is 6.07 Å². The number of nitrogens with zero attached hydrogens (tertiary/aromatic N) is 3. The Labute approximate surface area is 142 Å². The van der Waals surface area contributed by atoms with Gasteiger partial charge >= 0.3 is 0 Å². The second kappa shape index (κ2) is 7.40. The Kier molecular flexibility index (Phi) is 5.05. The van der Waals surface area contributed by atoms with Crippen molar-refractivity contribution in [3.05, 3.63) is 42.1 Å². The molecule has 24 heavy (non-hydrogen) atoms. The first-order valence-electron chi connectivity index (χ1n) is 8.26. The van der Waals surface area contributed by atoms with Crippen LogP contribution in [0.15, 0.2) is 36.4 Å². The van der Waals surface area contributed by atoms with Gasteiger partial charge < -0.3 is 15.5 Å². The van der Waals surface area contributed by atoms with Crippen LogP contribution in [0.25, 0.3) is 11.4 Å².